The highest BCUT2D eigenvalue weighted by Gasteiger charge is 2.17. The number of carbonyl (C=O) groups is 1. The van der Waals surface area contributed by atoms with E-state index in [1.807, 2.05) is 56.3 Å². The molecule has 0 atom stereocenters. The SMILES string of the molecule is CC(C)Nc1nc(NCc2cccc3c2OCO3)nc(Nc2ccc(CC(=O)NCCOCCOCCN)cc2)n1. The Hall–Kier alpha value is -4.20. The number of nitrogens with one attached hydrogen (secondary N) is 4. The van der Waals surface area contributed by atoms with E-state index in [1.165, 1.54) is 0 Å². The van der Waals surface area contributed by atoms with Gasteiger partial charge >= 0.3 is 0 Å². The maximum Gasteiger partial charge on any atom is 0.233 e. The molecule has 0 aliphatic carbocycles. The smallest absolute Gasteiger partial charge is 0.233 e. The molecule has 4 rings (SSSR count). The van der Waals surface area contributed by atoms with Crippen molar-refractivity contribution in [2.24, 2.45) is 5.73 Å². The van der Waals surface area contributed by atoms with Crippen molar-refractivity contribution >= 4 is 29.4 Å². The van der Waals surface area contributed by atoms with Gasteiger partial charge in [-0.1, -0.05) is 24.3 Å². The predicted molar refractivity (Wildman–Crippen MR) is 156 cm³/mol. The number of nitrogens with two attached hydrogens (primary N) is 1. The van der Waals surface area contributed by atoms with Crippen LogP contribution in [0.4, 0.5) is 23.5 Å². The first kappa shape index (κ1) is 29.8. The van der Waals surface area contributed by atoms with Crippen molar-refractivity contribution in [3.63, 3.8) is 0 Å². The van der Waals surface area contributed by atoms with E-state index < -0.39 is 0 Å². The highest BCUT2D eigenvalue weighted by molar-refractivity contribution is 5.78. The molecule has 13 nitrogen and oxygen atoms in total. The molecule has 2 heterocycles. The first-order chi connectivity index (χ1) is 20.0. The maximum absolute atomic E-state index is 12.3. The third-order valence-corrected chi connectivity index (χ3v) is 5.75. The number of amides is 1. The fraction of sp³-hybridized carbons (Fsp3) is 0.429. The lowest BCUT2D eigenvalue weighted by Crippen LogP contribution is -2.29. The van der Waals surface area contributed by atoms with Crippen LogP contribution in [0.3, 0.4) is 0 Å². The number of fused-ring (bicyclic) bond motifs is 1. The normalized spacial score (nSPS) is 11.9. The Morgan fingerprint density at radius 1 is 0.951 bits per heavy atom. The van der Waals surface area contributed by atoms with Crippen LogP contribution in [0.2, 0.25) is 0 Å². The van der Waals surface area contributed by atoms with Gasteiger partial charge in [0.05, 0.1) is 32.8 Å². The molecular weight excluding hydrogens is 528 g/mol. The zero-order chi connectivity index (χ0) is 28.9. The second-order valence-corrected chi connectivity index (χ2v) is 9.47. The van der Waals surface area contributed by atoms with Crippen LogP contribution in [0.25, 0.3) is 0 Å². The van der Waals surface area contributed by atoms with Crippen molar-refractivity contribution in [1.29, 1.82) is 0 Å². The summed E-state index contributed by atoms with van der Waals surface area (Å²) in [7, 11) is 0. The molecule has 0 saturated heterocycles. The molecule has 220 valence electrons. The number of anilines is 4. The molecule has 2 aromatic carbocycles. The van der Waals surface area contributed by atoms with Crippen LogP contribution >= 0.6 is 0 Å². The summed E-state index contributed by atoms with van der Waals surface area (Å²) in [5.41, 5.74) is 7.95. The van der Waals surface area contributed by atoms with E-state index in [9.17, 15) is 4.79 Å². The Labute approximate surface area is 239 Å². The molecule has 13 heteroatoms. The highest BCUT2D eigenvalue weighted by atomic mass is 16.7. The van der Waals surface area contributed by atoms with Gasteiger partial charge in [-0.15, -0.1) is 0 Å². The molecule has 1 aromatic heterocycles. The third-order valence-electron chi connectivity index (χ3n) is 5.75. The molecule has 0 unspecified atom stereocenters. The first-order valence-corrected chi connectivity index (χ1v) is 13.6. The van der Waals surface area contributed by atoms with Gasteiger partial charge in [0.1, 0.15) is 0 Å². The zero-order valence-corrected chi connectivity index (χ0v) is 23.4. The van der Waals surface area contributed by atoms with Crippen molar-refractivity contribution < 1.29 is 23.7 Å². The van der Waals surface area contributed by atoms with Crippen LogP contribution in [0.5, 0.6) is 11.5 Å². The summed E-state index contributed by atoms with van der Waals surface area (Å²) in [5.74, 6) is 2.59. The monoisotopic (exact) mass is 566 g/mol. The van der Waals surface area contributed by atoms with Crippen LogP contribution in [0.15, 0.2) is 42.5 Å². The van der Waals surface area contributed by atoms with E-state index in [-0.39, 0.29) is 25.2 Å². The van der Waals surface area contributed by atoms with Crippen LogP contribution in [-0.2, 0) is 27.2 Å². The molecule has 0 spiro atoms. The molecule has 1 aliphatic heterocycles. The number of benzene rings is 2. The minimum atomic E-state index is -0.0766. The van der Waals surface area contributed by atoms with Gasteiger partial charge in [0, 0.05) is 36.9 Å². The molecular formula is C28H38N8O5. The first-order valence-electron chi connectivity index (χ1n) is 13.6. The number of aromatic nitrogens is 3. The van der Waals surface area contributed by atoms with Gasteiger partial charge in [-0.25, -0.2) is 0 Å². The molecule has 0 bridgehead atoms. The fourth-order valence-electron chi connectivity index (χ4n) is 3.89. The number of hydrogen-bond acceptors (Lipinski definition) is 12. The lowest BCUT2D eigenvalue weighted by molar-refractivity contribution is -0.120. The lowest BCUT2D eigenvalue weighted by atomic mass is 10.1. The molecule has 0 radical (unpaired) electrons. The number of nitrogens with zero attached hydrogens (tertiary/aromatic N) is 3. The highest BCUT2D eigenvalue weighted by Crippen LogP contribution is 2.35. The van der Waals surface area contributed by atoms with E-state index >= 15 is 0 Å². The summed E-state index contributed by atoms with van der Waals surface area (Å²) in [6.07, 6.45) is 0.264. The number of hydrogen-bond donors (Lipinski definition) is 5. The third kappa shape index (κ3) is 9.74. The van der Waals surface area contributed by atoms with Gasteiger partial charge in [-0.2, -0.15) is 15.0 Å². The van der Waals surface area contributed by atoms with Crippen molar-refractivity contribution in [2.45, 2.75) is 32.9 Å². The van der Waals surface area contributed by atoms with Crippen molar-refractivity contribution in [2.75, 3.05) is 62.3 Å². The van der Waals surface area contributed by atoms with E-state index in [2.05, 4.69) is 36.2 Å². The van der Waals surface area contributed by atoms with Gasteiger partial charge < -0.3 is 45.9 Å². The maximum atomic E-state index is 12.3. The zero-order valence-electron chi connectivity index (χ0n) is 23.4. The van der Waals surface area contributed by atoms with Gasteiger partial charge in [0.25, 0.3) is 0 Å². The summed E-state index contributed by atoms with van der Waals surface area (Å²) in [4.78, 5) is 25.8. The van der Waals surface area contributed by atoms with E-state index in [0.29, 0.717) is 63.9 Å². The van der Waals surface area contributed by atoms with E-state index in [0.717, 1.165) is 28.3 Å². The Kier molecular flexibility index (Phi) is 11.3. The largest absolute Gasteiger partial charge is 0.454 e. The summed E-state index contributed by atoms with van der Waals surface area (Å²) >= 11 is 0. The lowest BCUT2D eigenvalue weighted by Gasteiger charge is -2.13. The standard InChI is InChI=1S/C28H38N8O5/c1-19(2)32-27-34-26(31-17-21-4-3-5-23-25(21)41-18-40-23)35-28(36-27)33-22-8-6-20(7-9-22)16-24(37)30-11-13-39-15-14-38-12-10-29/h3-9,19H,10-18,29H2,1-2H3,(H,30,37)(H3,31,32,33,34,35,36). The van der Waals surface area contributed by atoms with Crippen LogP contribution in [0.1, 0.15) is 25.0 Å². The van der Waals surface area contributed by atoms with Gasteiger partial charge in [-0.05, 0) is 37.6 Å². The topological polar surface area (TPSA) is 167 Å². The van der Waals surface area contributed by atoms with E-state index in [1.54, 1.807) is 0 Å². The molecule has 3 aromatic rings. The summed E-state index contributed by atoms with van der Waals surface area (Å²) in [5, 5.41) is 12.6. The molecule has 1 amide bonds. The summed E-state index contributed by atoms with van der Waals surface area (Å²) in [6.45, 7) is 7.50. The number of rotatable bonds is 17. The Morgan fingerprint density at radius 3 is 2.49 bits per heavy atom. The minimum Gasteiger partial charge on any atom is -0.454 e. The van der Waals surface area contributed by atoms with Crippen LogP contribution in [0, 0.1) is 0 Å². The Morgan fingerprint density at radius 2 is 1.71 bits per heavy atom. The molecule has 41 heavy (non-hydrogen) atoms. The molecule has 0 saturated carbocycles. The second kappa shape index (κ2) is 15.6. The second-order valence-electron chi connectivity index (χ2n) is 9.47. The average molecular weight is 567 g/mol. The number of para-hydroxylation sites is 1. The van der Waals surface area contributed by atoms with E-state index in [4.69, 9.17) is 24.7 Å². The van der Waals surface area contributed by atoms with Crippen molar-refractivity contribution in [1.82, 2.24) is 20.3 Å². The Balaban J connectivity index is 1.29. The van der Waals surface area contributed by atoms with Gasteiger partial charge in [0.2, 0.25) is 30.5 Å². The number of ether oxygens (including phenoxy) is 4. The van der Waals surface area contributed by atoms with Gasteiger partial charge in [-0.3, -0.25) is 4.79 Å². The fourth-order valence-corrected chi connectivity index (χ4v) is 3.89. The van der Waals surface area contributed by atoms with Crippen LogP contribution < -0.4 is 36.5 Å². The molecule has 6 N–H and O–H groups in total. The number of carbonyl (C=O) groups excluding carboxylic acids is 1. The van der Waals surface area contributed by atoms with Gasteiger partial charge in [0.15, 0.2) is 11.5 Å². The quantitative estimate of drug-likeness (QED) is 0.152. The summed E-state index contributed by atoms with van der Waals surface area (Å²) in [6, 6.07) is 13.4. The van der Waals surface area contributed by atoms with Crippen molar-refractivity contribution in [3.8, 4) is 11.5 Å². The van der Waals surface area contributed by atoms with Crippen molar-refractivity contribution in [3.05, 3.63) is 53.6 Å². The average Bonchev–Trinajstić information content (AvgIpc) is 3.44. The van der Waals surface area contributed by atoms with Crippen LogP contribution in [-0.4, -0.2) is 73.2 Å². The Bertz CT molecular complexity index is 1260. The summed E-state index contributed by atoms with van der Waals surface area (Å²) < 4.78 is 21.7. The molecule has 1 aliphatic rings. The predicted octanol–water partition coefficient (Wildman–Crippen LogP) is 2.43. The molecule has 0 fully saturated rings. The minimum absolute atomic E-state index is 0.0766.